The Labute approximate surface area is 128 Å². The Kier molecular flexibility index (Phi) is 5.22. The fourth-order valence-electron chi connectivity index (χ4n) is 3.94. The summed E-state index contributed by atoms with van der Waals surface area (Å²) in [6.07, 6.45) is 6.41. The van der Waals surface area contributed by atoms with E-state index in [0.717, 1.165) is 25.0 Å². The molecule has 3 unspecified atom stereocenters. The normalized spacial score (nSPS) is 27.5. The van der Waals surface area contributed by atoms with E-state index < -0.39 is 0 Å². The predicted molar refractivity (Wildman–Crippen MR) is 87.2 cm³/mol. The molecule has 3 atom stereocenters. The number of nitrogens with two attached hydrogens (primary N) is 1. The van der Waals surface area contributed by atoms with E-state index in [1.807, 2.05) is 13.1 Å². The van der Waals surface area contributed by atoms with Crippen molar-refractivity contribution in [1.82, 2.24) is 10.3 Å². The van der Waals surface area contributed by atoms with Crippen LogP contribution >= 0.6 is 0 Å². The monoisotopic (exact) mass is 291 g/mol. The first kappa shape index (κ1) is 16.2. The molecule has 21 heavy (non-hydrogen) atoms. The van der Waals surface area contributed by atoms with Gasteiger partial charge < -0.3 is 15.8 Å². The summed E-state index contributed by atoms with van der Waals surface area (Å²) < 4.78 is 6.31. The van der Waals surface area contributed by atoms with Gasteiger partial charge in [0.2, 0.25) is 0 Å². The zero-order valence-corrected chi connectivity index (χ0v) is 13.8. The van der Waals surface area contributed by atoms with Gasteiger partial charge >= 0.3 is 0 Å². The Bertz CT molecular complexity index is 453. The van der Waals surface area contributed by atoms with Crippen molar-refractivity contribution >= 4 is 5.82 Å². The maximum absolute atomic E-state index is 6.31. The van der Waals surface area contributed by atoms with E-state index in [1.54, 1.807) is 6.20 Å². The van der Waals surface area contributed by atoms with E-state index in [9.17, 15) is 0 Å². The van der Waals surface area contributed by atoms with E-state index in [1.165, 1.54) is 18.4 Å². The minimum Gasteiger partial charge on any atom is -0.383 e. The van der Waals surface area contributed by atoms with Crippen molar-refractivity contribution in [3.8, 4) is 0 Å². The quantitative estimate of drug-likeness (QED) is 0.874. The molecule has 118 valence electrons. The number of hydrogen-bond donors (Lipinski definition) is 2. The van der Waals surface area contributed by atoms with Crippen molar-refractivity contribution in [1.29, 1.82) is 0 Å². The third kappa shape index (κ3) is 3.22. The van der Waals surface area contributed by atoms with Crippen LogP contribution in [0.15, 0.2) is 12.3 Å². The van der Waals surface area contributed by atoms with Gasteiger partial charge in [0, 0.05) is 18.4 Å². The number of aromatic nitrogens is 1. The first-order chi connectivity index (χ1) is 10.0. The highest BCUT2D eigenvalue weighted by Crippen LogP contribution is 2.45. The molecule has 2 rings (SSSR count). The summed E-state index contributed by atoms with van der Waals surface area (Å²) in [4.78, 5) is 4.30. The molecule has 1 aromatic rings. The van der Waals surface area contributed by atoms with Crippen LogP contribution in [-0.4, -0.2) is 24.2 Å². The zero-order chi connectivity index (χ0) is 15.5. The number of nitrogen functional groups attached to an aromatic ring is 1. The Morgan fingerprint density at radius 1 is 1.57 bits per heavy atom. The van der Waals surface area contributed by atoms with Crippen LogP contribution < -0.4 is 11.1 Å². The van der Waals surface area contributed by atoms with Crippen molar-refractivity contribution in [2.45, 2.75) is 58.1 Å². The second-order valence-corrected chi connectivity index (χ2v) is 6.35. The first-order valence-electron chi connectivity index (χ1n) is 8.06. The SMILES string of the molecule is CCOC1(C(NC)c2c(C)ccnc2N)CCCC(C)C1. The van der Waals surface area contributed by atoms with Crippen molar-refractivity contribution in [2.24, 2.45) is 5.92 Å². The molecule has 1 aliphatic rings. The lowest BCUT2D eigenvalue weighted by Crippen LogP contribution is -2.48. The minimum atomic E-state index is -0.178. The Morgan fingerprint density at radius 3 is 2.90 bits per heavy atom. The highest BCUT2D eigenvalue weighted by molar-refractivity contribution is 5.47. The Hall–Kier alpha value is -1.13. The van der Waals surface area contributed by atoms with Crippen LogP contribution in [0.25, 0.3) is 0 Å². The van der Waals surface area contributed by atoms with Gasteiger partial charge in [0.1, 0.15) is 5.82 Å². The van der Waals surface area contributed by atoms with E-state index in [2.05, 4.69) is 31.1 Å². The molecule has 4 heteroatoms. The standard InChI is InChI=1S/C17H29N3O/c1-5-21-17(9-6-7-12(2)11-17)15(19-4)14-13(3)8-10-20-16(14)18/h8,10,12,15,19H,5-7,9,11H2,1-4H3,(H2,18,20). The lowest BCUT2D eigenvalue weighted by Gasteiger charge is -2.46. The highest BCUT2D eigenvalue weighted by Gasteiger charge is 2.44. The average molecular weight is 291 g/mol. The van der Waals surface area contributed by atoms with Gasteiger partial charge in [0.15, 0.2) is 0 Å². The summed E-state index contributed by atoms with van der Waals surface area (Å²) >= 11 is 0. The van der Waals surface area contributed by atoms with Crippen LogP contribution in [0.5, 0.6) is 0 Å². The molecule has 0 radical (unpaired) electrons. The van der Waals surface area contributed by atoms with Crippen molar-refractivity contribution in [3.05, 3.63) is 23.4 Å². The Balaban J connectivity index is 2.45. The molecule has 1 saturated carbocycles. The van der Waals surface area contributed by atoms with E-state index >= 15 is 0 Å². The third-order valence-corrected chi connectivity index (χ3v) is 4.77. The number of nitrogens with zero attached hydrogens (tertiary/aromatic N) is 1. The van der Waals surface area contributed by atoms with Crippen LogP contribution in [0.1, 0.15) is 56.7 Å². The second kappa shape index (κ2) is 6.75. The van der Waals surface area contributed by atoms with Crippen LogP contribution in [0.3, 0.4) is 0 Å². The summed E-state index contributed by atoms with van der Waals surface area (Å²) in [5.41, 5.74) is 8.29. The van der Waals surface area contributed by atoms with Crippen LogP contribution in [0, 0.1) is 12.8 Å². The number of pyridine rings is 1. The smallest absolute Gasteiger partial charge is 0.128 e. The number of ether oxygens (including phenoxy) is 1. The van der Waals surface area contributed by atoms with Gasteiger partial charge in [-0.15, -0.1) is 0 Å². The summed E-state index contributed by atoms with van der Waals surface area (Å²) in [6, 6.07) is 2.12. The van der Waals surface area contributed by atoms with E-state index in [4.69, 9.17) is 10.5 Å². The maximum atomic E-state index is 6.31. The Morgan fingerprint density at radius 2 is 2.33 bits per heavy atom. The van der Waals surface area contributed by atoms with Crippen LogP contribution in [0.2, 0.25) is 0 Å². The summed E-state index contributed by atoms with van der Waals surface area (Å²) in [5.74, 6) is 1.30. The molecule has 0 amide bonds. The number of likely N-dealkylation sites (N-methyl/N-ethyl adjacent to an activating group) is 1. The van der Waals surface area contributed by atoms with Crippen LogP contribution in [0.4, 0.5) is 5.82 Å². The highest BCUT2D eigenvalue weighted by atomic mass is 16.5. The van der Waals surface area contributed by atoms with Gasteiger partial charge in [-0.1, -0.05) is 19.8 Å². The lowest BCUT2D eigenvalue weighted by molar-refractivity contribution is -0.100. The molecule has 1 aromatic heterocycles. The summed E-state index contributed by atoms with van der Waals surface area (Å²) in [6.45, 7) is 7.22. The van der Waals surface area contributed by atoms with Gasteiger partial charge in [-0.2, -0.15) is 0 Å². The molecule has 0 aromatic carbocycles. The number of aryl methyl sites for hydroxylation is 1. The first-order valence-corrected chi connectivity index (χ1v) is 8.06. The molecule has 0 saturated heterocycles. The molecule has 4 nitrogen and oxygen atoms in total. The van der Waals surface area contributed by atoms with Crippen molar-refractivity contribution < 1.29 is 4.74 Å². The molecule has 0 spiro atoms. The van der Waals surface area contributed by atoms with Gasteiger partial charge in [-0.3, -0.25) is 0 Å². The van der Waals surface area contributed by atoms with Crippen molar-refractivity contribution in [3.63, 3.8) is 0 Å². The topological polar surface area (TPSA) is 60.2 Å². The summed E-state index contributed by atoms with van der Waals surface area (Å²) in [7, 11) is 2.00. The molecule has 1 fully saturated rings. The summed E-state index contributed by atoms with van der Waals surface area (Å²) in [5, 5.41) is 3.47. The fraction of sp³-hybridized carbons (Fsp3) is 0.706. The molecular weight excluding hydrogens is 262 g/mol. The molecule has 3 N–H and O–H groups in total. The molecule has 0 bridgehead atoms. The minimum absolute atomic E-state index is 0.0916. The average Bonchev–Trinajstić information content (AvgIpc) is 2.43. The molecule has 1 heterocycles. The van der Waals surface area contributed by atoms with E-state index in [-0.39, 0.29) is 11.6 Å². The number of rotatable bonds is 5. The number of nitrogens with one attached hydrogen (secondary N) is 1. The van der Waals surface area contributed by atoms with Crippen molar-refractivity contribution in [2.75, 3.05) is 19.4 Å². The van der Waals surface area contributed by atoms with E-state index in [0.29, 0.717) is 11.7 Å². The maximum Gasteiger partial charge on any atom is 0.128 e. The number of hydrogen-bond acceptors (Lipinski definition) is 4. The lowest BCUT2D eigenvalue weighted by atomic mass is 9.72. The third-order valence-electron chi connectivity index (χ3n) is 4.77. The molecular formula is C17H29N3O. The predicted octanol–water partition coefficient (Wildman–Crippen LogP) is 3.22. The van der Waals surface area contributed by atoms with Gasteiger partial charge in [-0.25, -0.2) is 4.98 Å². The fourth-order valence-corrected chi connectivity index (χ4v) is 3.94. The largest absolute Gasteiger partial charge is 0.383 e. The van der Waals surface area contributed by atoms with Gasteiger partial charge in [0.05, 0.1) is 11.6 Å². The van der Waals surface area contributed by atoms with Gasteiger partial charge in [0.25, 0.3) is 0 Å². The zero-order valence-electron chi connectivity index (χ0n) is 13.8. The molecule has 0 aliphatic heterocycles. The van der Waals surface area contributed by atoms with Gasteiger partial charge in [-0.05, 0) is 51.3 Å². The second-order valence-electron chi connectivity index (χ2n) is 6.35. The molecule has 1 aliphatic carbocycles. The van der Waals surface area contributed by atoms with Crippen LogP contribution in [-0.2, 0) is 4.74 Å². The number of anilines is 1.